The number of phenols is 1. The lowest BCUT2D eigenvalue weighted by molar-refractivity contribution is -0.107. The molecule has 88 valence electrons. The number of aromatic hydroxyl groups is 1. The quantitative estimate of drug-likeness (QED) is 0.847. The van der Waals surface area contributed by atoms with Gasteiger partial charge in [0.2, 0.25) is 0 Å². The topological polar surface area (TPSA) is 46.5 Å². The molecule has 0 aliphatic rings. The molecule has 0 saturated heterocycles. The summed E-state index contributed by atoms with van der Waals surface area (Å²) in [5.74, 6) is 0.578. The highest BCUT2D eigenvalue weighted by Crippen LogP contribution is 2.38. The van der Waals surface area contributed by atoms with Crippen LogP contribution in [0.4, 0.5) is 0 Å². The van der Waals surface area contributed by atoms with Gasteiger partial charge in [-0.1, -0.05) is 22.9 Å². The lowest BCUT2D eigenvalue weighted by Crippen LogP contribution is -1.97. The number of carbonyl (C=O) groups excluding carboxylic acids is 1. The van der Waals surface area contributed by atoms with E-state index in [1.807, 2.05) is 13.0 Å². The molecular weight excluding hydrogens is 272 g/mol. The first-order valence-electron chi connectivity index (χ1n) is 5.16. The van der Waals surface area contributed by atoms with Crippen molar-refractivity contribution in [2.45, 2.75) is 26.2 Å². The number of hydrogen-bond acceptors (Lipinski definition) is 3. The summed E-state index contributed by atoms with van der Waals surface area (Å²) >= 11 is 3.45. The Morgan fingerprint density at radius 2 is 2.25 bits per heavy atom. The number of hydrogen-bond donors (Lipinski definition) is 1. The summed E-state index contributed by atoms with van der Waals surface area (Å²) in [5.41, 5.74) is 1.80. The van der Waals surface area contributed by atoms with Crippen molar-refractivity contribution >= 4 is 22.2 Å². The summed E-state index contributed by atoms with van der Waals surface area (Å²) in [6, 6.07) is 1.81. The number of ether oxygens (including phenoxy) is 1. The molecule has 0 atom stereocenters. The number of carbonyl (C=O) groups is 1. The number of benzene rings is 1. The van der Waals surface area contributed by atoms with Gasteiger partial charge in [-0.05, 0) is 24.5 Å². The Hall–Kier alpha value is -1.03. The van der Waals surface area contributed by atoms with E-state index < -0.39 is 0 Å². The Bertz CT molecular complexity index is 360. The zero-order valence-electron chi connectivity index (χ0n) is 9.42. The molecule has 1 aromatic rings. The molecule has 0 aliphatic heterocycles. The van der Waals surface area contributed by atoms with Crippen molar-refractivity contribution in [3.63, 3.8) is 0 Å². The molecule has 0 spiro atoms. The fourth-order valence-electron chi connectivity index (χ4n) is 1.58. The van der Waals surface area contributed by atoms with Crippen molar-refractivity contribution in [3.05, 3.63) is 21.7 Å². The number of phenolic OH excluding ortho intramolecular Hbond substituents is 1. The lowest BCUT2D eigenvalue weighted by Gasteiger charge is -2.13. The van der Waals surface area contributed by atoms with Crippen molar-refractivity contribution in [2.24, 2.45) is 0 Å². The molecule has 0 bridgehead atoms. The first-order valence-corrected chi connectivity index (χ1v) is 5.95. The van der Waals surface area contributed by atoms with Gasteiger partial charge >= 0.3 is 0 Å². The predicted octanol–water partition coefficient (Wildman–Crippen LogP) is 2.86. The first kappa shape index (κ1) is 13.0. The minimum Gasteiger partial charge on any atom is -0.504 e. The highest BCUT2D eigenvalue weighted by atomic mass is 79.9. The molecule has 1 N–H and O–H groups in total. The maximum Gasteiger partial charge on any atom is 0.162 e. The van der Waals surface area contributed by atoms with Gasteiger partial charge in [0.15, 0.2) is 11.5 Å². The van der Waals surface area contributed by atoms with Crippen LogP contribution in [0.3, 0.4) is 0 Å². The van der Waals surface area contributed by atoms with E-state index in [0.717, 1.165) is 28.3 Å². The van der Waals surface area contributed by atoms with Gasteiger partial charge in [0.1, 0.15) is 6.29 Å². The summed E-state index contributed by atoms with van der Waals surface area (Å²) in [6.45, 7) is 2.03. The number of aryl methyl sites for hydroxylation is 1. The fraction of sp³-hybridized carbons (Fsp3) is 0.417. The van der Waals surface area contributed by atoms with Crippen LogP contribution in [-0.2, 0) is 17.6 Å². The van der Waals surface area contributed by atoms with Crippen molar-refractivity contribution in [1.82, 2.24) is 0 Å². The van der Waals surface area contributed by atoms with Crippen LogP contribution in [0.15, 0.2) is 10.5 Å². The molecule has 4 heteroatoms. The van der Waals surface area contributed by atoms with Gasteiger partial charge in [-0.15, -0.1) is 0 Å². The molecule has 1 rings (SSSR count). The molecule has 0 unspecified atom stereocenters. The molecule has 0 saturated carbocycles. The minimum atomic E-state index is 0.119. The van der Waals surface area contributed by atoms with E-state index in [1.165, 1.54) is 7.11 Å². The van der Waals surface area contributed by atoms with E-state index in [4.69, 9.17) is 4.74 Å². The first-order chi connectivity index (χ1) is 7.65. The van der Waals surface area contributed by atoms with Crippen LogP contribution in [0.25, 0.3) is 0 Å². The van der Waals surface area contributed by atoms with Crippen LogP contribution < -0.4 is 4.74 Å². The summed E-state index contributed by atoms with van der Waals surface area (Å²) in [4.78, 5) is 10.4. The molecule has 0 aromatic heterocycles. The zero-order chi connectivity index (χ0) is 12.1. The lowest BCUT2D eigenvalue weighted by atomic mass is 10.0. The molecule has 0 heterocycles. The molecule has 0 aliphatic carbocycles. The SMILES string of the molecule is CCc1cc(OC)c(O)c(CCC=O)c1Br. The minimum absolute atomic E-state index is 0.119. The molecule has 1 aromatic carbocycles. The van der Waals surface area contributed by atoms with E-state index in [0.29, 0.717) is 18.6 Å². The standard InChI is InChI=1S/C12H15BrO3/c1-3-8-7-10(16-2)12(15)9(11(8)13)5-4-6-14/h6-7,15H,3-5H2,1-2H3. The highest BCUT2D eigenvalue weighted by molar-refractivity contribution is 9.10. The number of halogens is 1. The predicted molar refractivity (Wildman–Crippen MR) is 66.1 cm³/mol. The van der Waals surface area contributed by atoms with Crippen LogP contribution in [0.2, 0.25) is 0 Å². The molecule has 0 radical (unpaired) electrons. The second-order valence-corrected chi connectivity index (χ2v) is 4.23. The van der Waals surface area contributed by atoms with E-state index in [9.17, 15) is 9.90 Å². The van der Waals surface area contributed by atoms with E-state index in [1.54, 1.807) is 0 Å². The third-order valence-electron chi connectivity index (χ3n) is 2.48. The van der Waals surface area contributed by atoms with E-state index >= 15 is 0 Å². The Morgan fingerprint density at radius 1 is 1.56 bits per heavy atom. The summed E-state index contributed by atoms with van der Waals surface area (Å²) < 4.78 is 5.97. The highest BCUT2D eigenvalue weighted by Gasteiger charge is 2.15. The Labute approximate surface area is 104 Å². The number of aldehydes is 1. The van der Waals surface area contributed by atoms with E-state index in [-0.39, 0.29) is 5.75 Å². The Balaban J connectivity index is 3.25. The van der Waals surface area contributed by atoms with Crippen LogP contribution in [-0.4, -0.2) is 18.5 Å². The Kier molecular flexibility index (Phi) is 4.80. The van der Waals surface area contributed by atoms with Gasteiger partial charge in [-0.3, -0.25) is 0 Å². The molecular formula is C12H15BrO3. The van der Waals surface area contributed by atoms with Crippen LogP contribution in [0.1, 0.15) is 24.5 Å². The number of methoxy groups -OCH3 is 1. The van der Waals surface area contributed by atoms with Crippen LogP contribution in [0, 0.1) is 0 Å². The van der Waals surface area contributed by atoms with Gasteiger partial charge in [0.25, 0.3) is 0 Å². The van der Waals surface area contributed by atoms with Gasteiger partial charge in [-0.25, -0.2) is 0 Å². The van der Waals surface area contributed by atoms with Crippen molar-refractivity contribution in [2.75, 3.05) is 7.11 Å². The monoisotopic (exact) mass is 286 g/mol. The normalized spacial score (nSPS) is 10.2. The second-order valence-electron chi connectivity index (χ2n) is 3.44. The van der Waals surface area contributed by atoms with Crippen LogP contribution in [0.5, 0.6) is 11.5 Å². The maximum absolute atomic E-state index is 10.4. The summed E-state index contributed by atoms with van der Waals surface area (Å²) in [5, 5.41) is 9.95. The van der Waals surface area contributed by atoms with Gasteiger partial charge in [0, 0.05) is 16.5 Å². The average molecular weight is 287 g/mol. The van der Waals surface area contributed by atoms with Crippen molar-refractivity contribution in [3.8, 4) is 11.5 Å². The van der Waals surface area contributed by atoms with Crippen LogP contribution >= 0.6 is 15.9 Å². The Morgan fingerprint density at radius 3 is 2.75 bits per heavy atom. The largest absolute Gasteiger partial charge is 0.504 e. The second kappa shape index (κ2) is 5.89. The molecule has 16 heavy (non-hydrogen) atoms. The molecule has 3 nitrogen and oxygen atoms in total. The van der Waals surface area contributed by atoms with Gasteiger partial charge in [0.05, 0.1) is 7.11 Å². The maximum atomic E-state index is 10.4. The van der Waals surface area contributed by atoms with Gasteiger partial charge in [-0.2, -0.15) is 0 Å². The van der Waals surface area contributed by atoms with Crippen molar-refractivity contribution < 1.29 is 14.6 Å². The smallest absolute Gasteiger partial charge is 0.162 e. The summed E-state index contributed by atoms with van der Waals surface area (Å²) in [7, 11) is 1.52. The average Bonchev–Trinajstić information content (AvgIpc) is 2.29. The molecule has 0 fully saturated rings. The third-order valence-corrected chi connectivity index (χ3v) is 3.47. The summed E-state index contributed by atoms with van der Waals surface area (Å²) in [6.07, 6.45) is 2.59. The zero-order valence-corrected chi connectivity index (χ0v) is 11.0. The van der Waals surface area contributed by atoms with Gasteiger partial charge < -0.3 is 14.6 Å². The molecule has 0 amide bonds. The van der Waals surface area contributed by atoms with Crippen molar-refractivity contribution in [1.29, 1.82) is 0 Å². The number of rotatable bonds is 5. The third kappa shape index (κ3) is 2.55. The van der Waals surface area contributed by atoms with E-state index in [2.05, 4.69) is 15.9 Å². The fourth-order valence-corrected chi connectivity index (χ4v) is 2.36.